The van der Waals surface area contributed by atoms with Gasteiger partial charge in [-0.3, -0.25) is 0 Å². The fourth-order valence-electron chi connectivity index (χ4n) is 4.52. The van der Waals surface area contributed by atoms with Gasteiger partial charge in [0.2, 0.25) is 0 Å². The third-order valence-corrected chi connectivity index (χ3v) is 5.92. The number of rotatable bonds is 6. The van der Waals surface area contributed by atoms with Crippen molar-refractivity contribution in [1.29, 1.82) is 0 Å². The first-order chi connectivity index (χ1) is 14.8. The third kappa shape index (κ3) is 3.59. The summed E-state index contributed by atoms with van der Waals surface area (Å²) >= 11 is 0. The molecule has 0 fully saturated rings. The van der Waals surface area contributed by atoms with Crippen molar-refractivity contribution < 1.29 is 9.47 Å². The Bertz CT molecular complexity index is 1060. The van der Waals surface area contributed by atoms with Crippen LogP contribution in [0.2, 0.25) is 0 Å². The van der Waals surface area contributed by atoms with Crippen LogP contribution in [0.1, 0.15) is 29.5 Å². The molecule has 3 aromatic rings. The summed E-state index contributed by atoms with van der Waals surface area (Å²) in [4.78, 5) is 0. The monoisotopic (exact) mass is 395 g/mol. The third-order valence-electron chi connectivity index (χ3n) is 5.92. The van der Waals surface area contributed by atoms with Gasteiger partial charge in [-0.2, -0.15) is 0 Å². The predicted molar refractivity (Wildman–Crippen MR) is 121 cm³/mol. The number of hydrogen-bond donors (Lipinski definition) is 1. The lowest BCUT2D eigenvalue weighted by molar-refractivity contribution is 0.362. The van der Waals surface area contributed by atoms with E-state index in [9.17, 15) is 0 Å². The topological polar surface area (TPSA) is 30.5 Å². The van der Waals surface area contributed by atoms with Gasteiger partial charge in [0.15, 0.2) is 0 Å². The van der Waals surface area contributed by atoms with E-state index in [2.05, 4.69) is 48.3 Å². The minimum Gasteiger partial charge on any atom is -0.490 e. The molecule has 30 heavy (non-hydrogen) atoms. The maximum absolute atomic E-state index is 6.08. The van der Waals surface area contributed by atoms with E-state index in [1.54, 1.807) is 6.08 Å². The molecule has 5 rings (SSSR count). The van der Waals surface area contributed by atoms with Crippen molar-refractivity contribution in [2.45, 2.75) is 18.4 Å². The number of allylic oxidation sites excluding steroid dienone is 2. The van der Waals surface area contributed by atoms with Gasteiger partial charge >= 0.3 is 0 Å². The Balaban J connectivity index is 1.41. The van der Waals surface area contributed by atoms with Crippen molar-refractivity contribution in [3.63, 3.8) is 0 Å². The van der Waals surface area contributed by atoms with Crippen molar-refractivity contribution in [2.75, 3.05) is 11.9 Å². The number of nitrogens with one attached hydrogen (secondary N) is 1. The van der Waals surface area contributed by atoms with Crippen LogP contribution >= 0.6 is 0 Å². The van der Waals surface area contributed by atoms with Gasteiger partial charge in [0, 0.05) is 11.6 Å². The molecule has 0 unspecified atom stereocenters. The summed E-state index contributed by atoms with van der Waals surface area (Å²) in [6, 6.07) is 25.0. The highest BCUT2D eigenvalue weighted by molar-refractivity contribution is 5.62. The van der Waals surface area contributed by atoms with Crippen molar-refractivity contribution in [2.24, 2.45) is 5.92 Å². The average Bonchev–Trinajstić information content (AvgIpc) is 3.29. The fraction of sp³-hybridized carbons (Fsp3) is 0.185. The Morgan fingerprint density at radius 3 is 2.53 bits per heavy atom. The molecular formula is C27H25NO2. The van der Waals surface area contributed by atoms with Gasteiger partial charge in [-0.1, -0.05) is 55.1 Å². The number of ether oxygens (including phenoxy) is 2. The lowest BCUT2D eigenvalue weighted by Crippen LogP contribution is -2.29. The second-order valence-corrected chi connectivity index (χ2v) is 7.81. The molecule has 1 heterocycles. The summed E-state index contributed by atoms with van der Waals surface area (Å²) < 4.78 is 11.7. The van der Waals surface area contributed by atoms with E-state index >= 15 is 0 Å². The molecule has 1 aliphatic heterocycles. The molecule has 0 aromatic heterocycles. The van der Waals surface area contributed by atoms with Gasteiger partial charge < -0.3 is 14.8 Å². The molecule has 0 amide bonds. The molecule has 0 radical (unpaired) electrons. The zero-order valence-electron chi connectivity index (χ0n) is 16.8. The van der Waals surface area contributed by atoms with Crippen LogP contribution in [0.25, 0.3) is 0 Å². The van der Waals surface area contributed by atoms with Crippen LogP contribution in [0, 0.1) is 5.92 Å². The van der Waals surface area contributed by atoms with Crippen LogP contribution in [0.4, 0.5) is 5.69 Å². The van der Waals surface area contributed by atoms with Gasteiger partial charge in [-0.25, -0.2) is 0 Å². The van der Waals surface area contributed by atoms with Gasteiger partial charge in [0.25, 0.3) is 0 Å². The lowest BCUT2D eigenvalue weighted by atomic mass is 9.77. The smallest absolute Gasteiger partial charge is 0.127 e. The zero-order chi connectivity index (χ0) is 20.3. The van der Waals surface area contributed by atoms with Gasteiger partial charge in [-0.05, 0) is 65.9 Å². The number of hydrogen-bond acceptors (Lipinski definition) is 3. The van der Waals surface area contributed by atoms with Crippen molar-refractivity contribution in [3.8, 4) is 17.2 Å². The highest BCUT2D eigenvalue weighted by Gasteiger charge is 2.38. The summed E-state index contributed by atoms with van der Waals surface area (Å²) in [7, 11) is 0. The maximum atomic E-state index is 6.08. The number of fused-ring (bicyclic) bond motifs is 3. The van der Waals surface area contributed by atoms with Crippen LogP contribution in [-0.2, 0) is 0 Å². The van der Waals surface area contributed by atoms with Crippen LogP contribution < -0.4 is 14.8 Å². The average molecular weight is 396 g/mol. The molecule has 3 nitrogen and oxygen atoms in total. The second kappa shape index (κ2) is 8.11. The molecule has 2 aliphatic rings. The van der Waals surface area contributed by atoms with E-state index in [0.717, 1.165) is 23.7 Å². The summed E-state index contributed by atoms with van der Waals surface area (Å²) in [5, 5.41) is 3.79. The number of para-hydroxylation sites is 1. The van der Waals surface area contributed by atoms with Crippen LogP contribution in [-0.4, -0.2) is 6.61 Å². The molecule has 0 spiro atoms. The first-order valence-corrected chi connectivity index (χ1v) is 10.5. The van der Waals surface area contributed by atoms with Gasteiger partial charge in [-0.15, -0.1) is 0 Å². The molecular weight excluding hydrogens is 370 g/mol. The molecule has 3 heteroatoms. The second-order valence-electron chi connectivity index (χ2n) is 7.81. The van der Waals surface area contributed by atoms with E-state index in [1.807, 2.05) is 48.5 Å². The Labute approximate surface area is 177 Å². The highest BCUT2D eigenvalue weighted by Crippen LogP contribution is 2.50. The Morgan fingerprint density at radius 2 is 1.73 bits per heavy atom. The fourth-order valence-corrected chi connectivity index (χ4v) is 4.52. The molecule has 0 saturated heterocycles. The SMILES string of the molecule is C=CCOc1ccc([C@@H]2Nc3ccc(Oc4ccccc4)cc3[C@@H]3C=CC[C@@H]32)cc1. The lowest BCUT2D eigenvalue weighted by Gasteiger charge is -2.37. The molecule has 3 atom stereocenters. The minimum absolute atomic E-state index is 0.270. The molecule has 150 valence electrons. The van der Waals surface area contributed by atoms with E-state index in [4.69, 9.17) is 9.47 Å². The maximum Gasteiger partial charge on any atom is 0.127 e. The highest BCUT2D eigenvalue weighted by atomic mass is 16.5. The van der Waals surface area contributed by atoms with Crippen LogP contribution in [0.3, 0.4) is 0 Å². The number of benzene rings is 3. The van der Waals surface area contributed by atoms with E-state index < -0.39 is 0 Å². The summed E-state index contributed by atoms with van der Waals surface area (Å²) in [5.41, 5.74) is 3.78. The van der Waals surface area contributed by atoms with Crippen LogP contribution in [0.5, 0.6) is 17.2 Å². The van der Waals surface area contributed by atoms with E-state index in [0.29, 0.717) is 18.4 Å². The predicted octanol–water partition coefficient (Wildman–Crippen LogP) is 6.87. The first kappa shape index (κ1) is 18.6. The largest absolute Gasteiger partial charge is 0.490 e. The Morgan fingerprint density at radius 1 is 0.933 bits per heavy atom. The molecule has 1 aliphatic carbocycles. The standard InChI is InChI=1S/C27H25NO2/c1-2-17-29-20-13-11-19(12-14-20)27-24-10-6-9-23(24)25-18-22(15-16-26(25)28-27)30-21-7-4-3-5-8-21/h2-9,11-16,18,23-24,27-28H,1,10,17H2/t23-,24+,27+/m1/s1. The van der Waals surface area contributed by atoms with Crippen LogP contribution in [0.15, 0.2) is 97.6 Å². The molecule has 3 aromatic carbocycles. The van der Waals surface area contributed by atoms with Crippen molar-refractivity contribution in [3.05, 3.63) is 109 Å². The zero-order valence-corrected chi connectivity index (χ0v) is 16.8. The summed E-state index contributed by atoms with van der Waals surface area (Å²) in [5.74, 6) is 3.49. The molecule has 1 N–H and O–H groups in total. The number of anilines is 1. The van der Waals surface area contributed by atoms with E-state index in [1.165, 1.54) is 16.8 Å². The van der Waals surface area contributed by atoms with Crippen molar-refractivity contribution >= 4 is 5.69 Å². The first-order valence-electron chi connectivity index (χ1n) is 10.5. The van der Waals surface area contributed by atoms with Gasteiger partial charge in [0.1, 0.15) is 23.9 Å². The normalized spacial score (nSPS) is 21.3. The van der Waals surface area contributed by atoms with E-state index in [-0.39, 0.29) is 6.04 Å². The Kier molecular flexibility index (Phi) is 5.02. The quantitative estimate of drug-likeness (QED) is 0.462. The summed E-state index contributed by atoms with van der Waals surface area (Å²) in [6.45, 7) is 4.23. The van der Waals surface area contributed by atoms with Gasteiger partial charge in [0.05, 0.1) is 6.04 Å². The Hall–Kier alpha value is -3.46. The van der Waals surface area contributed by atoms with Crippen molar-refractivity contribution in [1.82, 2.24) is 0 Å². The molecule has 0 bridgehead atoms. The minimum atomic E-state index is 0.270. The summed E-state index contributed by atoms with van der Waals surface area (Å²) in [6.07, 6.45) is 7.49. The molecule has 0 saturated carbocycles.